The van der Waals surface area contributed by atoms with E-state index in [-0.39, 0.29) is 22.5 Å². The number of hydrogen-bond acceptors (Lipinski definition) is 2. The Morgan fingerprint density at radius 3 is 1.83 bits per heavy atom. The Bertz CT molecular complexity index is 670. The highest BCUT2D eigenvalue weighted by Crippen LogP contribution is 2.46. The van der Waals surface area contributed by atoms with Crippen molar-refractivity contribution in [2.24, 2.45) is 5.41 Å². The van der Waals surface area contributed by atoms with Crippen molar-refractivity contribution in [3.63, 3.8) is 0 Å². The largest absolute Gasteiger partial charge is 0.508 e. The first-order valence-corrected chi connectivity index (χ1v) is 8.13. The van der Waals surface area contributed by atoms with E-state index < -0.39 is 0 Å². The summed E-state index contributed by atoms with van der Waals surface area (Å²) >= 11 is 0. The fraction of sp³-hybridized carbons (Fsp3) is 0.429. The topological polar surface area (TPSA) is 40.5 Å². The smallest absolute Gasteiger partial charge is 0.123 e. The van der Waals surface area contributed by atoms with Crippen LogP contribution in [0.15, 0.2) is 42.5 Å². The van der Waals surface area contributed by atoms with Gasteiger partial charge in [-0.1, -0.05) is 71.9 Å². The van der Waals surface area contributed by atoms with Crippen LogP contribution >= 0.6 is 0 Å². The number of benzene rings is 2. The maximum Gasteiger partial charge on any atom is 0.123 e. The molecule has 2 aromatic carbocycles. The van der Waals surface area contributed by atoms with Crippen LogP contribution in [0.25, 0.3) is 0 Å². The SMILES string of the molecule is CC(C)(C)c1cccc(C(c2ccc(O)cc2)C(C)(C)C)c1O. The molecule has 0 radical (unpaired) electrons. The highest BCUT2D eigenvalue weighted by atomic mass is 16.3. The first-order valence-electron chi connectivity index (χ1n) is 8.13. The van der Waals surface area contributed by atoms with Crippen LogP contribution in [-0.4, -0.2) is 10.2 Å². The summed E-state index contributed by atoms with van der Waals surface area (Å²) in [6, 6.07) is 13.3. The second-order valence-electron chi connectivity index (χ2n) is 8.38. The summed E-state index contributed by atoms with van der Waals surface area (Å²) in [4.78, 5) is 0. The standard InChI is InChI=1S/C21H28O2/c1-20(2,3)17-9-7-8-16(19(17)23)18(21(4,5)6)14-10-12-15(22)13-11-14/h7-13,18,22-23H,1-6H3. The van der Waals surface area contributed by atoms with Crippen LogP contribution in [0.4, 0.5) is 0 Å². The molecule has 2 aromatic rings. The lowest BCUT2D eigenvalue weighted by Gasteiger charge is -2.33. The van der Waals surface area contributed by atoms with Crippen LogP contribution in [0.3, 0.4) is 0 Å². The van der Waals surface area contributed by atoms with E-state index in [4.69, 9.17) is 0 Å². The molecule has 23 heavy (non-hydrogen) atoms. The van der Waals surface area contributed by atoms with E-state index in [2.05, 4.69) is 41.5 Å². The van der Waals surface area contributed by atoms with Crippen molar-refractivity contribution in [3.05, 3.63) is 59.2 Å². The van der Waals surface area contributed by atoms with Gasteiger partial charge in [-0.05, 0) is 34.1 Å². The van der Waals surface area contributed by atoms with Gasteiger partial charge in [-0.25, -0.2) is 0 Å². The zero-order valence-electron chi connectivity index (χ0n) is 15.0. The van der Waals surface area contributed by atoms with Crippen molar-refractivity contribution in [3.8, 4) is 11.5 Å². The van der Waals surface area contributed by atoms with E-state index in [0.29, 0.717) is 5.75 Å². The third-order valence-corrected chi connectivity index (χ3v) is 4.28. The summed E-state index contributed by atoms with van der Waals surface area (Å²) in [5, 5.41) is 20.5. The molecule has 0 aliphatic carbocycles. The molecule has 0 saturated carbocycles. The van der Waals surface area contributed by atoms with Gasteiger partial charge in [0, 0.05) is 11.5 Å². The molecule has 2 heteroatoms. The minimum Gasteiger partial charge on any atom is -0.508 e. The molecule has 1 atom stereocenters. The van der Waals surface area contributed by atoms with Gasteiger partial charge in [-0.3, -0.25) is 0 Å². The molecule has 2 nitrogen and oxygen atoms in total. The van der Waals surface area contributed by atoms with Gasteiger partial charge in [-0.2, -0.15) is 0 Å². The van der Waals surface area contributed by atoms with Crippen LogP contribution in [0, 0.1) is 5.41 Å². The van der Waals surface area contributed by atoms with Crippen LogP contribution in [-0.2, 0) is 5.41 Å². The van der Waals surface area contributed by atoms with Gasteiger partial charge in [0.1, 0.15) is 11.5 Å². The zero-order chi connectivity index (χ0) is 17.4. The zero-order valence-corrected chi connectivity index (χ0v) is 15.0. The molecule has 1 unspecified atom stereocenters. The molecule has 0 aromatic heterocycles. The Kier molecular flexibility index (Phi) is 4.48. The number of rotatable bonds is 2. The number of phenols is 2. The number of hydrogen-bond donors (Lipinski definition) is 2. The summed E-state index contributed by atoms with van der Waals surface area (Å²) < 4.78 is 0. The average Bonchev–Trinajstić information content (AvgIpc) is 2.40. The summed E-state index contributed by atoms with van der Waals surface area (Å²) in [7, 11) is 0. The predicted octanol–water partition coefficient (Wildman–Crippen LogP) is 5.57. The Morgan fingerprint density at radius 1 is 0.783 bits per heavy atom. The van der Waals surface area contributed by atoms with E-state index >= 15 is 0 Å². The number of para-hydroxylation sites is 1. The molecule has 2 rings (SSSR count). The van der Waals surface area contributed by atoms with E-state index in [0.717, 1.165) is 16.7 Å². The maximum absolute atomic E-state index is 10.9. The molecule has 0 aliphatic heterocycles. The minimum atomic E-state index is -0.114. The lowest BCUT2D eigenvalue weighted by molar-refractivity contribution is 0.344. The molecule has 0 spiro atoms. The third kappa shape index (κ3) is 3.69. The maximum atomic E-state index is 10.9. The number of phenolic OH excluding ortho intramolecular Hbond substituents is 2. The molecule has 0 aliphatic rings. The molecule has 2 N–H and O–H groups in total. The van der Waals surface area contributed by atoms with Gasteiger partial charge in [0.05, 0.1) is 0 Å². The summed E-state index contributed by atoms with van der Waals surface area (Å²) in [5.41, 5.74) is 2.82. The Morgan fingerprint density at radius 2 is 1.35 bits per heavy atom. The second-order valence-corrected chi connectivity index (χ2v) is 8.38. The summed E-state index contributed by atoms with van der Waals surface area (Å²) in [5.74, 6) is 0.687. The Labute approximate surface area is 139 Å². The fourth-order valence-electron chi connectivity index (χ4n) is 3.21. The van der Waals surface area contributed by atoms with Gasteiger partial charge in [0.2, 0.25) is 0 Å². The average molecular weight is 312 g/mol. The molecule has 0 saturated heterocycles. The van der Waals surface area contributed by atoms with E-state index in [9.17, 15) is 10.2 Å². The van der Waals surface area contributed by atoms with Gasteiger partial charge < -0.3 is 10.2 Å². The highest BCUT2D eigenvalue weighted by Gasteiger charge is 2.32. The molecule has 0 amide bonds. The van der Waals surface area contributed by atoms with Gasteiger partial charge in [0.25, 0.3) is 0 Å². The third-order valence-electron chi connectivity index (χ3n) is 4.28. The number of aromatic hydroxyl groups is 2. The van der Waals surface area contributed by atoms with Gasteiger partial charge >= 0.3 is 0 Å². The van der Waals surface area contributed by atoms with E-state index in [1.54, 1.807) is 12.1 Å². The Hall–Kier alpha value is -1.96. The predicted molar refractivity (Wildman–Crippen MR) is 96.2 cm³/mol. The Balaban J connectivity index is 2.65. The lowest BCUT2D eigenvalue weighted by atomic mass is 9.71. The molecular weight excluding hydrogens is 284 g/mol. The molecular formula is C21H28O2. The second kappa shape index (κ2) is 5.92. The van der Waals surface area contributed by atoms with Crippen LogP contribution in [0.2, 0.25) is 0 Å². The molecule has 124 valence electrons. The van der Waals surface area contributed by atoms with Gasteiger partial charge in [0.15, 0.2) is 0 Å². The lowest BCUT2D eigenvalue weighted by Crippen LogP contribution is -2.21. The van der Waals surface area contributed by atoms with Crippen molar-refractivity contribution in [2.75, 3.05) is 0 Å². The van der Waals surface area contributed by atoms with Crippen LogP contribution < -0.4 is 0 Å². The first kappa shape index (κ1) is 17.4. The highest BCUT2D eigenvalue weighted by molar-refractivity contribution is 5.50. The molecule has 0 heterocycles. The van der Waals surface area contributed by atoms with Crippen LogP contribution in [0.1, 0.15) is 64.2 Å². The van der Waals surface area contributed by atoms with Crippen molar-refractivity contribution in [1.29, 1.82) is 0 Å². The first-order chi connectivity index (χ1) is 10.5. The monoisotopic (exact) mass is 312 g/mol. The van der Waals surface area contributed by atoms with Gasteiger partial charge in [-0.15, -0.1) is 0 Å². The molecule has 0 fully saturated rings. The fourth-order valence-corrected chi connectivity index (χ4v) is 3.21. The quantitative estimate of drug-likeness (QED) is 0.760. The normalized spacial score (nSPS) is 13.8. The summed E-state index contributed by atoms with van der Waals surface area (Å²) in [6.45, 7) is 12.9. The minimum absolute atomic E-state index is 0.0467. The summed E-state index contributed by atoms with van der Waals surface area (Å²) in [6.07, 6.45) is 0. The van der Waals surface area contributed by atoms with Crippen LogP contribution in [0.5, 0.6) is 11.5 Å². The van der Waals surface area contributed by atoms with Crippen molar-refractivity contribution in [2.45, 2.75) is 52.9 Å². The van der Waals surface area contributed by atoms with E-state index in [1.165, 1.54) is 0 Å². The van der Waals surface area contributed by atoms with Crippen molar-refractivity contribution < 1.29 is 10.2 Å². The van der Waals surface area contributed by atoms with Crippen molar-refractivity contribution in [1.82, 2.24) is 0 Å². The van der Waals surface area contributed by atoms with E-state index in [1.807, 2.05) is 30.3 Å². The van der Waals surface area contributed by atoms with Crippen molar-refractivity contribution >= 4 is 0 Å². The molecule has 0 bridgehead atoms.